The van der Waals surface area contributed by atoms with Crippen LogP contribution in [0.25, 0.3) is 0 Å². The van der Waals surface area contributed by atoms with Crippen LogP contribution in [0.5, 0.6) is 0 Å². The van der Waals surface area contributed by atoms with Crippen molar-refractivity contribution in [2.45, 2.75) is 45.2 Å². The fraction of sp³-hybridized carbons (Fsp3) is 0.800. The monoisotopic (exact) mass is 262 g/mol. The van der Waals surface area contributed by atoms with E-state index in [0.29, 0.717) is 12.1 Å². The second kappa shape index (κ2) is 5.16. The standard InChI is InChI=1S/C15H26N4/c1-11(2)19-8-12-5-4-6-13(9-19)15(12)17-14-7-16-18(3)10-14/h7,10-13,15,17H,4-6,8-9H2,1-3H3. The maximum atomic E-state index is 4.26. The van der Waals surface area contributed by atoms with Gasteiger partial charge in [-0.05, 0) is 38.5 Å². The van der Waals surface area contributed by atoms with Crippen LogP contribution in [0.15, 0.2) is 12.4 Å². The molecular formula is C15H26N4. The zero-order valence-corrected chi connectivity index (χ0v) is 12.3. The molecule has 0 amide bonds. The van der Waals surface area contributed by atoms with Gasteiger partial charge in [0.15, 0.2) is 0 Å². The molecule has 0 aromatic carbocycles. The summed E-state index contributed by atoms with van der Waals surface area (Å²) >= 11 is 0. The summed E-state index contributed by atoms with van der Waals surface area (Å²) in [6.45, 7) is 7.16. The fourth-order valence-corrected chi connectivity index (χ4v) is 3.82. The van der Waals surface area contributed by atoms with Gasteiger partial charge in [-0.2, -0.15) is 5.10 Å². The highest BCUT2D eigenvalue weighted by Crippen LogP contribution is 2.37. The molecule has 1 saturated carbocycles. The van der Waals surface area contributed by atoms with Crippen LogP contribution >= 0.6 is 0 Å². The second-order valence-electron chi connectivity index (χ2n) is 6.57. The second-order valence-corrected chi connectivity index (χ2v) is 6.57. The molecule has 1 aliphatic carbocycles. The molecule has 0 spiro atoms. The SMILES string of the molecule is CC(C)N1CC2CCCC(C1)C2Nc1cnn(C)c1. The van der Waals surface area contributed by atoms with E-state index >= 15 is 0 Å². The molecule has 0 radical (unpaired) electrons. The van der Waals surface area contributed by atoms with E-state index in [-0.39, 0.29) is 0 Å². The number of fused-ring (bicyclic) bond motifs is 2. The summed E-state index contributed by atoms with van der Waals surface area (Å²) in [5, 5.41) is 8.02. The molecule has 2 unspecified atom stereocenters. The van der Waals surface area contributed by atoms with Crippen molar-refractivity contribution in [3.63, 3.8) is 0 Å². The number of likely N-dealkylation sites (tertiary alicyclic amines) is 1. The maximum absolute atomic E-state index is 4.26. The molecule has 2 aliphatic rings. The average Bonchev–Trinajstić information content (AvgIpc) is 2.74. The first-order chi connectivity index (χ1) is 9.13. The molecule has 3 rings (SSSR count). The van der Waals surface area contributed by atoms with Crippen molar-refractivity contribution in [3.8, 4) is 0 Å². The van der Waals surface area contributed by atoms with Crippen LogP contribution in [0.1, 0.15) is 33.1 Å². The smallest absolute Gasteiger partial charge is 0.0728 e. The summed E-state index contributed by atoms with van der Waals surface area (Å²) in [6, 6.07) is 1.33. The number of aryl methyl sites for hydroxylation is 1. The normalized spacial score (nSPS) is 31.7. The van der Waals surface area contributed by atoms with Gasteiger partial charge in [-0.3, -0.25) is 4.68 Å². The topological polar surface area (TPSA) is 33.1 Å². The lowest BCUT2D eigenvalue weighted by molar-refractivity contribution is 0.0518. The lowest BCUT2D eigenvalue weighted by atomic mass is 9.73. The minimum absolute atomic E-state index is 0.646. The minimum atomic E-state index is 0.646. The van der Waals surface area contributed by atoms with Crippen molar-refractivity contribution < 1.29 is 0 Å². The maximum Gasteiger partial charge on any atom is 0.0728 e. The molecule has 4 nitrogen and oxygen atoms in total. The van der Waals surface area contributed by atoms with Gasteiger partial charge in [0, 0.05) is 38.4 Å². The third kappa shape index (κ3) is 2.64. The van der Waals surface area contributed by atoms with E-state index in [1.165, 1.54) is 38.0 Å². The first kappa shape index (κ1) is 13.0. The summed E-state index contributed by atoms with van der Waals surface area (Å²) in [5.74, 6) is 1.60. The molecule has 106 valence electrons. The minimum Gasteiger partial charge on any atom is -0.379 e. The van der Waals surface area contributed by atoms with E-state index in [9.17, 15) is 0 Å². The van der Waals surface area contributed by atoms with Gasteiger partial charge < -0.3 is 10.2 Å². The summed E-state index contributed by atoms with van der Waals surface area (Å²) in [6.07, 6.45) is 8.19. The number of anilines is 1. The van der Waals surface area contributed by atoms with Crippen molar-refractivity contribution in [3.05, 3.63) is 12.4 Å². The Balaban J connectivity index is 1.72. The van der Waals surface area contributed by atoms with Gasteiger partial charge >= 0.3 is 0 Å². The quantitative estimate of drug-likeness (QED) is 0.907. The van der Waals surface area contributed by atoms with Crippen molar-refractivity contribution in [1.29, 1.82) is 0 Å². The molecule has 1 saturated heterocycles. The van der Waals surface area contributed by atoms with Crippen LogP contribution in [-0.4, -0.2) is 39.9 Å². The van der Waals surface area contributed by atoms with Crippen LogP contribution in [0.3, 0.4) is 0 Å². The number of piperidine rings is 1. The first-order valence-electron chi connectivity index (χ1n) is 7.62. The zero-order valence-electron chi connectivity index (χ0n) is 12.3. The molecule has 1 aromatic heterocycles. The first-order valence-corrected chi connectivity index (χ1v) is 7.62. The third-order valence-electron chi connectivity index (χ3n) is 4.87. The number of hydrogen-bond donors (Lipinski definition) is 1. The van der Waals surface area contributed by atoms with Crippen molar-refractivity contribution in [1.82, 2.24) is 14.7 Å². The predicted molar refractivity (Wildman–Crippen MR) is 78.2 cm³/mol. The van der Waals surface area contributed by atoms with Crippen molar-refractivity contribution in [2.24, 2.45) is 18.9 Å². The molecule has 1 aliphatic heterocycles. The molecule has 2 atom stereocenters. The van der Waals surface area contributed by atoms with Gasteiger partial charge in [0.1, 0.15) is 0 Å². The van der Waals surface area contributed by atoms with Crippen LogP contribution in [0.4, 0.5) is 5.69 Å². The Labute approximate surface area is 116 Å². The van der Waals surface area contributed by atoms with Crippen molar-refractivity contribution >= 4 is 5.69 Å². The van der Waals surface area contributed by atoms with Crippen molar-refractivity contribution in [2.75, 3.05) is 18.4 Å². The Kier molecular flexibility index (Phi) is 3.52. The van der Waals surface area contributed by atoms with E-state index in [1.54, 1.807) is 0 Å². The molecule has 1 aromatic rings. The van der Waals surface area contributed by atoms with Gasteiger partial charge in [-0.15, -0.1) is 0 Å². The molecule has 1 N–H and O–H groups in total. The Morgan fingerprint density at radius 2 is 1.95 bits per heavy atom. The number of nitrogens with zero attached hydrogens (tertiary/aromatic N) is 3. The largest absolute Gasteiger partial charge is 0.379 e. The molecular weight excluding hydrogens is 236 g/mol. The molecule has 19 heavy (non-hydrogen) atoms. The highest BCUT2D eigenvalue weighted by atomic mass is 15.3. The van der Waals surface area contributed by atoms with E-state index < -0.39 is 0 Å². The van der Waals surface area contributed by atoms with Gasteiger partial charge in [0.2, 0.25) is 0 Å². The number of aromatic nitrogens is 2. The van der Waals surface area contributed by atoms with Gasteiger partial charge in [0.25, 0.3) is 0 Å². The highest BCUT2D eigenvalue weighted by molar-refractivity contribution is 5.40. The van der Waals surface area contributed by atoms with Crippen LogP contribution < -0.4 is 5.32 Å². The Morgan fingerprint density at radius 1 is 1.26 bits per heavy atom. The Hall–Kier alpha value is -1.03. The highest BCUT2D eigenvalue weighted by Gasteiger charge is 2.39. The van der Waals surface area contributed by atoms with Crippen LogP contribution in [-0.2, 0) is 7.05 Å². The Bertz CT molecular complexity index is 412. The van der Waals surface area contributed by atoms with E-state index in [1.807, 2.05) is 17.9 Å². The molecule has 4 heteroatoms. The summed E-state index contributed by atoms with van der Waals surface area (Å²) < 4.78 is 1.88. The summed E-state index contributed by atoms with van der Waals surface area (Å²) in [5.41, 5.74) is 1.18. The lowest BCUT2D eigenvalue weighted by Gasteiger charge is -2.49. The molecule has 2 heterocycles. The van der Waals surface area contributed by atoms with E-state index in [0.717, 1.165) is 11.8 Å². The summed E-state index contributed by atoms with van der Waals surface area (Å²) in [7, 11) is 1.98. The average molecular weight is 262 g/mol. The molecule has 2 bridgehead atoms. The van der Waals surface area contributed by atoms with Crippen LogP contribution in [0, 0.1) is 11.8 Å². The van der Waals surface area contributed by atoms with E-state index in [4.69, 9.17) is 0 Å². The van der Waals surface area contributed by atoms with Gasteiger partial charge in [-0.25, -0.2) is 0 Å². The predicted octanol–water partition coefficient (Wildman–Crippen LogP) is 2.34. The molecule has 2 fully saturated rings. The number of hydrogen-bond acceptors (Lipinski definition) is 3. The Morgan fingerprint density at radius 3 is 2.47 bits per heavy atom. The van der Waals surface area contributed by atoms with Gasteiger partial charge in [-0.1, -0.05) is 6.42 Å². The number of nitrogens with one attached hydrogen (secondary N) is 1. The zero-order chi connectivity index (χ0) is 13.4. The van der Waals surface area contributed by atoms with E-state index in [2.05, 4.69) is 35.4 Å². The number of rotatable bonds is 3. The van der Waals surface area contributed by atoms with Crippen LogP contribution in [0.2, 0.25) is 0 Å². The summed E-state index contributed by atoms with van der Waals surface area (Å²) in [4.78, 5) is 2.66. The van der Waals surface area contributed by atoms with Gasteiger partial charge in [0.05, 0.1) is 11.9 Å². The fourth-order valence-electron chi connectivity index (χ4n) is 3.82. The lowest BCUT2D eigenvalue weighted by Crippen LogP contribution is -2.55. The third-order valence-corrected chi connectivity index (χ3v) is 4.87.